The van der Waals surface area contributed by atoms with Gasteiger partial charge < -0.3 is 4.90 Å². The highest BCUT2D eigenvalue weighted by molar-refractivity contribution is 14.1. The predicted octanol–water partition coefficient (Wildman–Crippen LogP) is 4.32. The fraction of sp³-hybridized carbons (Fsp3) is 0.500. The lowest BCUT2D eigenvalue weighted by Crippen LogP contribution is -2.41. The summed E-state index contributed by atoms with van der Waals surface area (Å²) in [7, 11) is 0. The first-order chi connectivity index (χ1) is 8.37. The summed E-state index contributed by atoms with van der Waals surface area (Å²) in [4.78, 5) is 14.4. The van der Waals surface area contributed by atoms with Crippen molar-refractivity contribution in [3.05, 3.63) is 31.8 Å². The molecule has 0 atom stereocenters. The van der Waals surface area contributed by atoms with Crippen molar-refractivity contribution < 1.29 is 4.79 Å². The quantitative estimate of drug-likeness (QED) is 0.618. The van der Waals surface area contributed by atoms with Crippen LogP contribution >= 0.6 is 38.5 Å². The number of piperidine rings is 1. The third kappa shape index (κ3) is 3.47. The van der Waals surface area contributed by atoms with Crippen LogP contribution < -0.4 is 0 Å². The number of rotatable bonds is 1. The van der Waals surface area contributed by atoms with Crippen molar-refractivity contribution >= 4 is 44.4 Å². The second-order valence-electron chi connectivity index (χ2n) is 5.61. The van der Waals surface area contributed by atoms with Crippen LogP contribution in [0.5, 0.6) is 0 Å². The monoisotopic (exact) mass is 421 g/mol. The molecule has 4 heteroatoms. The van der Waals surface area contributed by atoms with Gasteiger partial charge in [0.05, 0.1) is 0 Å². The lowest BCUT2D eigenvalue weighted by molar-refractivity contribution is 0.0630. The summed E-state index contributed by atoms with van der Waals surface area (Å²) >= 11 is 5.69. The normalized spacial score (nSPS) is 18.8. The van der Waals surface area contributed by atoms with Gasteiger partial charge in [-0.2, -0.15) is 0 Å². The average Bonchev–Trinajstić information content (AvgIpc) is 2.27. The van der Waals surface area contributed by atoms with E-state index in [0.29, 0.717) is 5.41 Å². The predicted molar refractivity (Wildman–Crippen MR) is 85.8 cm³/mol. The highest BCUT2D eigenvalue weighted by Gasteiger charge is 2.28. The number of hydrogen-bond acceptors (Lipinski definition) is 1. The highest BCUT2D eigenvalue weighted by Crippen LogP contribution is 2.30. The zero-order valence-corrected chi connectivity index (χ0v) is 14.4. The van der Waals surface area contributed by atoms with Crippen molar-refractivity contribution in [2.75, 3.05) is 13.1 Å². The fourth-order valence-electron chi connectivity index (χ4n) is 2.18. The summed E-state index contributed by atoms with van der Waals surface area (Å²) in [5.74, 6) is 0.157. The number of carbonyl (C=O) groups excluding carboxylic acids is 1. The SMILES string of the molecule is CC1(C)CCN(C(=O)c2cc(Br)cc(I)c2)CC1. The Bertz CT molecular complexity index is 443. The van der Waals surface area contributed by atoms with E-state index in [2.05, 4.69) is 52.4 Å². The molecule has 98 valence electrons. The summed E-state index contributed by atoms with van der Waals surface area (Å²) in [5, 5.41) is 0. The minimum absolute atomic E-state index is 0.157. The van der Waals surface area contributed by atoms with Gasteiger partial charge >= 0.3 is 0 Å². The van der Waals surface area contributed by atoms with E-state index in [1.165, 1.54) is 0 Å². The lowest BCUT2D eigenvalue weighted by atomic mass is 9.82. The van der Waals surface area contributed by atoms with Crippen LogP contribution in [0.4, 0.5) is 0 Å². The first-order valence-corrected chi connectivity index (χ1v) is 8.00. The van der Waals surface area contributed by atoms with Gasteiger partial charge in [-0.3, -0.25) is 4.79 Å². The van der Waals surface area contributed by atoms with Gasteiger partial charge in [0.2, 0.25) is 0 Å². The summed E-state index contributed by atoms with van der Waals surface area (Å²) in [5.41, 5.74) is 1.16. The Balaban J connectivity index is 2.12. The molecule has 1 aromatic carbocycles. The Hall–Kier alpha value is -0.100. The van der Waals surface area contributed by atoms with Crippen LogP contribution in [0.25, 0.3) is 0 Å². The summed E-state index contributed by atoms with van der Waals surface area (Å²) in [6.45, 7) is 6.29. The van der Waals surface area contributed by atoms with E-state index in [4.69, 9.17) is 0 Å². The van der Waals surface area contributed by atoms with Crippen molar-refractivity contribution in [1.29, 1.82) is 0 Å². The van der Waals surface area contributed by atoms with Crippen LogP contribution in [0.1, 0.15) is 37.0 Å². The van der Waals surface area contributed by atoms with Gasteiger partial charge in [-0.05, 0) is 59.0 Å². The van der Waals surface area contributed by atoms with Gasteiger partial charge in [0.15, 0.2) is 0 Å². The second kappa shape index (κ2) is 5.49. The van der Waals surface area contributed by atoms with Gasteiger partial charge in [0, 0.05) is 26.7 Å². The highest BCUT2D eigenvalue weighted by atomic mass is 127. The number of halogens is 2. The van der Waals surface area contributed by atoms with E-state index in [0.717, 1.165) is 39.5 Å². The zero-order valence-electron chi connectivity index (χ0n) is 10.7. The Morgan fingerprint density at radius 2 is 1.89 bits per heavy atom. The minimum Gasteiger partial charge on any atom is -0.339 e. The van der Waals surface area contributed by atoms with Crippen molar-refractivity contribution in [1.82, 2.24) is 4.90 Å². The van der Waals surface area contributed by atoms with Crippen LogP contribution in [0.15, 0.2) is 22.7 Å². The van der Waals surface area contributed by atoms with Crippen LogP contribution in [-0.2, 0) is 0 Å². The summed E-state index contributed by atoms with van der Waals surface area (Å²) in [6, 6.07) is 5.87. The molecule has 0 N–H and O–H groups in total. The van der Waals surface area contributed by atoms with Crippen LogP contribution in [0.2, 0.25) is 0 Å². The number of benzene rings is 1. The van der Waals surface area contributed by atoms with E-state index < -0.39 is 0 Å². The summed E-state index contributed by atoms with van der Waals surface area (Å²) < 4.78 is 2.05. The first kappa shape index (κ1) is 14.3. The van der Waals surface area contributed by atoms with Crippen molar-refractivity contribution in [3.8, 4) is 0 Å². The lowest BCUT2D eigenvalue weighted by Gasteiger charge is -2.37. The Kier molecular flexibility index (Phi) is 4.36. The molecule has 0 bridgehead atoms. The second-order valence-corrected chi connectivity index (χ2v) is 7.78. The van der Waals surface area contributed by atoms with E-state index in [1.807, 2.05) is 23.1 Å². The molecule has 0 aliphatic carbocycles. The van der Waals surface area contributed by atoms with Gasteiger partial charge in [-0.25, -0.2) is 0 Å². The molecule has 1 amide bonds. The van der Waals surface area contributed by atoms with E-state index >= 15 is 0 Å². The maximum absolute atomic E-state index is 12.4. The van der Waals surface area contributed by atoms with Crippen molar-refractivity contribution in [2.24, 2.45) is 5.41 Å². The van der Waals surface area contributed by atoms with Gasteiger partial charge in [-0.15, -0.1) is 0 Å². The molecule has 0 saturated carbocycles. The molecule has 2 nitrogen and oxygen atoms in total. The number of hydrogen-bond donors (Lipinski definition) is 0. The fourth-order valence-corrected chi connectivity index (χ4v) is 3.77. The number of nitrogens with zero attached hydrogens (tertiary/aromatic N) is 1. The Labute approximate surface area is 130 Å². The van der Waals surface area contributed by atoms with Crippen LogP contribution in [0.3, 0.4) is 0 Å². The van der Waals surface area contributed by atoms with Gasteiger partial charge in [-0.1, -0.05) is 29.8 Å². The first-order valence-electron chi connectivity index (χ1n) is 6.13. The largest absolute Gasteiger partial charge is 0.339 e. The average molecular weight is 422 g/mol. The van der Waals surface area contributed by atoms with Gasteiger partial charge in [0.1, 0.15) is 0 Å². The summed E-state index contributed by atoms with van der Waals surface area (Å²) in [6.07, 6.45) is 2.17. The molecule has 1 aliphatic rings. The molecule has 1 aliphatic heterocycles. The number of carbonyl (C=O) groups is 1. The molecule has 18 heavy (non-hydrogen) atoms. The van der Waals surface area contributed by atoms with E-state index in [9.17, 15) is 4.79 Å². The maximum atomic E-state index is 12.4. The van der Waals surface area contributed by atoms with E-state index in [-0.39, 0.29) is 5.91 Å². The minimum atomic E-state index is 0.157. The Morgan fingerprint density at radius 1 is 1.28 bits per heavy atom. The molecular weight excluding hydrogens is 405 g/mol. The topological polar surface area (TPSA) is 20.3 Å². The molecule has 0 aromatic heterocycles. The maximum Gasteiger partial charge on any atom is 0.253 e. The molecule has 1 saturated heterocycles. The molecule has 1 aromatic rings. The molecule has 0 unspecified atom stereocenters. The standard InChI is InChI=1S/C14H17BrINO/c1-14(2)3-5-17(6-4-14)13(18)10-7-11(15)9-12(16)8-10/h7-9H,3-6H2,1-2H3. The van der Waals surface area contributed by atoms with Gasteiger partial charge in [0.25, 0.3) is 5.91 Å². The molecule has 0 spiro atoms. The van der Waals surface area contributed by atoms with Crippen molar-refractivity contribution in [3.63, 3.8) is 0 Å². The molecule has 0 radical (unpaired) electrons. The zero-order chi connectivity index (χ0) is 13.3. The molecule has 1 heterocycles. The smallest absolute Gasteiger partial charge is 0.253 e. The number of amides is 1. The van der Waals surface area contributed by atoms with Crippen LogP contribution in [0, 0.1) is 8.99 Å². The molecular formula is C14H17BrINO. The van der Waals surface area contributed by atoms with E-state index in [1.54, 1.807) is 0 Å². The Morgan fingerprint density at radius 3 is 2.44 bits per heavy atom. The number of likely N-dealkylation sites (tertiary alicyclic amines) is 1. The molecule has 1 fully saturated rings. The third-order valence-corrected chi connectivity index (χ3v) is 4.59. The van der Waals surface area contributed by atoms with Crippen molar-refractivity contribution in [2.45, 2.75) is 26.7 Å². The molecule has 2 rings (SSSR count). The third-order valence-electron chi connectivity index (χ3n) is 3.51. The van der Waals surface area contributed by atoms with Crippen LogP contribution in [-0.4, -0.2) is 23.9 Å².